The lowest BCUT2D eigenvalue weighted by Crippen LogP contribution is -2.06. The van der Waals surface area contributed by atoms with Crippen molar-refractivity contribution in [3.63, 3.8) is 0 Å². The molecule has 1 unspecified atom stereocenters. The Labute approximate surface area is 61.2 Å². The first-order chi connectivity index (χ1) is 4.36. The second-order valence-electron chi connectivity index (χ2n) is 1.78. The van der Waals surface area contributed by atoms with Crippen molar-refractivity contribution in [1.29, 1.82) is 0 Å². The summed E-state index contributed by atoms with van der Waals surface area (Å²) < 4.78 is 16.6. The molecule has 0 radical (unpaired) electrons. The van der Waals surface area contributed by atoms with E-state index >= 15 is 0 Å². The maximum absolute atomic E-state index is 11.7. The van der Waals surface area contributed by atoms with Crippen LogP contribution < -0.4 is 0 Å². The van der Waals surface area contributed by atoms with Crippen LogP contribution in [0, 0.1) is 0 Å². The second-order valence-corrected chi connectivity index (χ2v) is 2.42. The first-order valence-electron chi connectivity index (χ1n) is 2.68. The van der Waals surface area contributed by atoms with E-state index in [2.05, 4.69) is 20.9 Å². The van der Waals surface area contributed by atoms with Crippen LogP contribution in [-0.4, -0.2) is 30.6 Å². The highest BCUT2D eigenvalue weighted by Crippen LogP contribution is 2.06. The number of aliphatic imine (C=N–C) groups is 1. The van der Waals surface area contributed by atoms with E-state index in [-0.39, 0.29) is 11.9 Å². The quantitative estimate of drug-likeness (QED) is 0.607. The highest BCUT2D eigenvalue weighted by atomic mass is 79.9. The molecular weight excluding hydrogens is 189 g/mol. The smallest absolute Gasteiger partial charge is 0.216 e. The third kappa shape index (κ3) is 1.64. The van der Waals surface area contributed by atoms with E-state index < -0.39 is 6.67 Å². The Hall–Kier alpha value is -0.120. The fourth-order valence-electron chi connectivity index (χ4n) is 0.623. The van der Waals surface area contributed by atoms with Gasteiger partial charge in [-0.25, -0.2) is 9.38 Å². The van der Waals surface area contributed by atoms with Crippen LogP contribution in [0.15, 0.2) is 4.99 Å². The van der Waals surface area contributed by atoms with Crippen LogP contribution in [0.25, 0.3) is 0 Å². The van der Waals surface area contributed by atoms with Crippen molar-refractivity contribution >= 4 is 21.8 Å². The standard InChI is InChI=1S/C5H7BrFNO/c6-1-4-3-9-5(2-7)8-4/h4H,1-3H2. The van der Waals surface area contributed by atoms with Gasteiger partial charge in [0.05, 0.1) is 6.04 Å². The van der Waals surface area contributed by atoms with Crippen LogP contribution in [0.1, 0.15) is 0 Å². The minimum atomic E-state index is -0.580. The van der Waals surface area contributed by atoms with Crippen LogP contribution >= 0.6 is 15.9 Å². The third-order valence-corrected chi connectivity index (χ3v) is 1.81. The Morgan fingerprint density at radius 1 is 1.89 bits per heavy atom. The minimum absolute atomic E-state index is 0.121. The molecule has 0 aromatic rings. The summed E-state index contributed by atoms with van der Waals surface area (Å²) in [7, 11) is 0. The molecule has 0 saturated heterocycles. The predicted molar refractivity (Wildman–Crippen MR) is 36.9 cm³/mol. The zero-order valence-electron chi connectivity index (χ0n) is 4.81. The molecule has 4 heteroatoms. The van der Waals surface area contributed by atoms with E-state index in [0.717, 1.165) is 5.33 Å². The zero-order valence-corrected chi connectivity index (χ0v) is 6.40. The number of halogens is 2. The van der Waals surface area contributed by atoms with Gasteiger partial charge in [0.15, 0.2) is 6.67 Å². The van der Waals surface area contributed by atoms with E-state index in [1.807, 2.05) is 0 Å². The average molecular weight is 196 g/mol. The summed E-state index contributed by atoms with van der Waals surface area (Å²) in [4.78, 5) is 3.90. The lowest BCUT2D eigenvalue weighted by Gasteiger charge is -1.94. The van der Waals surface area contributed by atoms with Gasteiger partial charge in [0.25, 0.3) is 0 Å². The van der Waals surface area contributed by atoms with Crippen LogP contribution in [0.2, 0.25) is 0 Å². The highest BCUT2D eigenvalue weighted by molar-refractivity contribution is 9.09. The molecule has 1 atom stereocenters. The molecule has 0 amide bonds. The fourth-order valence-corrected chi connectivity index (χ4v) is 0.954. The number of alkyl halides is 2. The summed E-state index contributed by atoms with van der Waals surface area (Å²) in [6.07, 6.45) is 0. The summed E-state index contributed by atoms with van der Waals surface area (Å²) in [5, 5.41) is 0.747. The summed E-state index contributed by atoms with van der Waals surface area (Å²) in [5.74, 6) is 0.236. The van der Waals surface area contributed by atoms with Crippen molar-refractivity contribution < 1.29 is 9.13 Å². The molecular formula is C5H7BrFNO. The first kappa shape index (κ1) is 6.99. The topological polar surface area (TPSA) is 21.6 Å². The largest absolute Gasteiger partial charge is 0.477 e. The molecule has 1 aliphatic heterocycles. The second kappa shape index (κ2) is 3.15. The Morgan fingerprint density at radius 2 is 2.67 bits per heavy atom. The number of nitrogens with zero attached hydrogens (tertiary/aromatic N) is 1. The molecule has 52 valence electrons. The normalized spacial score (nSPS) is 25.6. The molecule has 0 aliphatic carbocycles. The number of hydrogen-bond donors (Lipinski definition) is 0. The summed E-state index contributed by atoms with van der Waals surface area (Å²) in [6, 6.07) is 0.121. The number of ether oxygens (including phenoxy) is 1. The van der Waals surface area contributed by atoms with Gasteiger partial charge < -0.3 is 4.74 Å². The van der Waals surface area contributed by atoms with Crippen molar-refractivity contribution in [2.24, 2.45) is 4.99 Å². The van der Waals surface area contributed by atoms with E-state index in [9.17, 15) is 4.39 Å². The van der Waals surface area contributed by atoms with Crippen molar-refractivity contribution in [2.45, 2.75) is 6.04 Å². The van der Waals surface area contributed by atoms with Gasteiger partial charge in [0, 0.05) is 5.33 Å². The van der Waals surface area contributed by atoms with Gasteiger partial charge in [-0.3, -0.25) is 0 Å². The van der Waals surface area contributed by atoms with Crippen LogP contribution in [0.5, 0.6) is 0 Å². The van der Waals surface area contributed by atoms with Gasteiger partial charge in [0.2, 0.25) is 5.90 Å². The van der Waals surface area contributed by atoms with Gasteiger partial charge in [0.1, 0.15) is 6.61 Å². The Bertz CT molecular complexity index is 128. The Kier molecular flexibility index (Phi) is 2.45. The first-order valence-corrected chi connectivity index (χ1v) is 3.80. The summed E-state index contributed by atoms with van der Waals surface area (Å²) >= 11 is 3.22. The molecule has 0 aromatic carbocycles. The van der Waals surface area contributed by atoms with Gasteiger partial charge in [-0.05, 0) is 0 Å². The van der Waals surface area contributed by atoms with Gasteiger partial charge in [-0.1, -0.05) is 15.9 Å². The van der Waals surface area contributed by atoms with Gasteiger partial charge in [-0.2, -0.15) is 0 Å². The van der Waals surface area contributed by atoms with Gasteiger partial charge >= 0.3 is 0 Å². The molecule has 0 aromatic heterocycles. The van der Waals surface area contributed by atoms with Gasteiger partial charge in [-0.15, -0.1) is 0 Å². The SMILES string of the molecule is FCC1=NC(CBr)CO1. The maximum Gasteiger partial charge on any atom is 0.216 e. The molecule has 0 N–H and O–H groups in total. The van der Waals surface area contributed by atoms with E-state index in [4.69, 9.17) is 4.74 Å². The lowest BCUT2D eigenvalue weighted by atomic mass is 10.4. The van der Waals surface area contributed by atoms with Crippen molar-refractivity contribution in [3.05, 3.63) is 0 Å². The molecule has 0 bridgehead atoms. The van der Waals surface area contributed by atoms with E-state index in [0.29, 0.717) is 6.61 Å². The number of hydrogen-bond acceptors (Lipinski definition) is 2. The van der Waals surface area contributed by atoms with Crippen LogP contribution in [0.3, 0.4) is 0 Å². The molecule has 9 heavy (non-hydrogen) atoms. The zero-order chi connectivity index (χ0) is 6.69. The third-order valence-electron chi connectivity index (χ3n) is 1.06. The average Bonchev–Trinajstić information content (AvgIpc) is 2.34. The predicted octanol–water partition coefficient (Wildman–Crippen LogP) is 1.15. The molecule has 2 nitrogen and oxygen atoms in total. The highest BCUT2D eigenvalue weighted by Gasteiger charge is 2.16. The monoisotopic (exact) mass is 195 g/mol. The maximum atomic E-state index is 11.7. The lowest BCUT2D eigenvalue weighted by molar-refractivity contribution is 0.308. The minimum Gasteiger partial charge on any atom is -0.477 e. The molecule has 0 saturated carbocycles. The molecule has 1 aliphatic rings. The van der Waals surface area contributed by atoms with Crippen molar-refractivity contribution in [2.75, 3.05) is 18.6 Å². The van der Waals surface area contributed by atoms with Crippen LogP contribution in [0.4, 0.5) is 4.39 Å². The van der Waals surface area contributed by atoms with Crippen molar-refractivity contribution in [1.82, 2.24) is 0 Å². The molecule has 0 fully saturated rings. The van der Waals surface area contributed by atoms with E-state index in [1.165, 1.54) is 0 Å². The van der Waals surface area contributed by atoms with E-state index in [1.54, 1.807) is 0 Å². The molecule has 1 rings (SSSR count). The Morgan fingerprint density at radius 3 is 3.00 bits per heavy atom. The summed E-state index contributed by atoms with van der Waals surface area (Å²) in [5.41, 5.74) is 0. The Balaban J connectivity index is 2.40. The number of rotatable bonds is 2. The molecule has 1 heterocycles. The summed E-state index contributed by atoms with van der Waals surface area (Å²) in [6.45, 7) is -0.0615. The molecule has 0 spiro atoms. The van der Waals surface area contributed by atoms with Crippen molar-refractivity contribution in [3.8, 4) is 0 Å². The van der Waals surface area contributed by atoms with Crippen LogP contribution in [-0.2, 0) is 4.74 Å². The fraction of sp³-hybridized carbons (Fsp3) is 0.800.